The first kappa shape index (κ1) is 24.1. The van der Waals surface area contributed by atoms with Crippen LogP contribution in [0.4, 0.5) is 5.82 Å². The smallest absolute Gasteiger partial charge is 0.264 e. The zero-order valence-corrected chi connectivity index (χ0v) is 21.5. The number of nitrogens with zero attached hydrogens (tertiary/aromatic N) is 5. The quantitative estimate of drug-likeness (QED) is 0.332. The molecule has 4 aromatic heterocycles. The molecule has 1 amide bonds. The molecule has 6 rings (SSSR count). The Bertz CT molecular complexity index is 1970. The van der Waals surface area contributed by atoms with Crippen molar-refractivity contribution < 1.29 is 4.79 Å². The first-order valence-electron chi connectivity index (χ1n) is 12.1. The van der Waals surface area contributed by atoms with Crippen LogP contribution in [0.3, 0.4) is 0 Å². The van der Waals surface area contributed by atoms with Crippen LogP contribution in [0.1, 0.15) is 39.6 Å². The molecule has 0 aliphatic heterocycles. The Balaban J connectivity index is 1.48. The largest absolute Gasteiger partial charge is 0.381 e. The fourth-order valence-corrected chi connectivity index (χ4v) is 5.00. The number of hydrogen-bond donors (Lipinski definition) is 2. The summed E-state index contributed by atoms with van der Waals surface area (Å²) in [5.74, 6) is 5.79. The Kier molecular flexibility index (Phi) is 6.11. The number of nitrogens with one attached hydrogen (secondary N) is 1. The van der Waals surface area contributed by atoms with Gasteiger partial charge in [0.2, 0.25) is 0 Å². The Hall–Kier alpha value is -5.27. The lowest BCUT2D eigenvalue weighted by Gasteiger charge is -2.21. The number of anilines is 1. The van der Waals surface area contributed by atoms with Crippen LogP contribution < -0.4 is 16.6 Å². The Labute approximate surface area is 226 Å². The number of aromatic nitrogens is 5. The molecule has 0 unspecified atom stereocenters. The van der Waals surface area contributed by atoms with E-state index in [0.717, 1.165) is 0 Å². The third-order valence-corrected chi connectivity index (χ3v) is 6.96. The first-order valence-corrected chi connectivity index (χ1v) is 12.9. The van der Waals surface area contributed by atoms with E-state index in [4.69, 9.17) is 5.73 Å². The average Bonchev–Trinajstić information content (AvgIpc) is 3.59. The Morgan fingerprint density at radius 3 is 2.69 bits per heavy atom. The van der Waals surface area contributed by atoms with Crippen LogP contribution >= 0.6 is 11.3 Å². The number of hydrogen-bond acceptors (Lipinski definition) is 7. The first-order chi connectivity index (χ1) is 19.0. The van der Waals surface area contributed by atoms with Crippen LogP contribution in [0.15, 0.2) is 89.4 Å². The molecule has 0 fully saturated rings. The zero-order valence-electron chi connectivity index (χ0n) is 20.7. The maximum atomic E-state index is 14.1. The van der Waals surface area contributed by atoms with E-state index in [-0.39, 0.29) is 16.9 Å². The summed E-state index contributed by atoms with van der Waals surface area (Å²) in [7, 11) is 0. The molecule has 0 saturated heterocycles. The van der Waals surface area contributed by atoms with Gasteiger partial charge in [-0.15, -0.1) is 16.4 Å². The second kappa shape index (κ2) is 9.89. The number of amides is 1. The number of thiazole rings is 1. The number of rotatable bonds is 4. The van der Waals surface area contributed by atoms with Crippen molar-refractivity contribution in [2.75, 3.05) is 5.73 Å². The zero-order chi connectivity index (χ0) is 26.9. The fourth-order valence-electron chi connectivity index (χ4n) is 4.52. The van der Waals surface area contributed by atoms with Crippen molar-refractivity contribution in [2.45, 2.75) is 13.0 Å². The van der Waals surface area contributed by atoms with E-state index in [1.165, 1.54) is 15.9 Å². The minimum absolute atomic E-state index is 0.0702. The van der Waals surface area contributed by atoms with Gasteiger partial charge < -0.3 is 11.1 Å². The van der Waals surface area contributed by atoms with Gasteiger partial charge in [-0.25, -0.2) is 14.5 Å². The van der Waals surface area contributed by atoms with E-state index in [2.05, 4.69) is 32.2 Å². The summed E-state index contributed by atoms with van der Waals surface area (Å²) in [6, 6.07) is 17.9. The van der Waals surface area contributed by atoms with Crippen LogP contribution in [-0.4, -0.2) is 30.1 Å². The van der Waals surface area contributed by atoms with E-state index in [1.807, 2.05) is 66.9 Å². The number of pyridine rings is 1. The number of para-hydroxylation sites is 1. The lowest BCUT2D eigenvalue weighted by atomic mass is 10.0. The Morgan fingerprint density at radius 1 is 1.05 bits per heavy atom. The highest BCUT2D eigenvalue weighted by Crippen LogP contribution is 2.24. The monoisotopic (exact) mass is 531 g/mol. The van der Waals surface area contributed by atoms with Gasteiger partial charge in [0.25, 0.3) is 11.5 Å². The summed E-state index contributed by atoms with van der Waals surface area (Å²) in [5.41, 5.74) is 8.22. The normalized spacial score (nSPS) is 11.7. The van der Waals surface area contributed by atoms with Gasteiger partial charge in [-0.2, -0.15) is 0 Å². The van der Waals surface area contributed by atoms with E-state index in [9.17, 15) is 9.59 Å². The van der Waals surface area contributed by atoms with Crippen molar-refractivity contribution in [3.8, 4) is 17.5 Å². The third kappa shape index (κ3) is 4.41. The van der Waals surface area contributed by atoms with Crippen LogP contribution in [0, 0.1) is 11.8 Å². The maximum Gasteiger partial charge on any atom is 0.264 e. The lowest BCUT2D eigenvalue weighted by molar-refractivity contribution is 0.0941. The summed E-state index contributed by atoms with van der Waals surface area (Å²) < 4.78 is 3.07. The van der Waals surface area contributed by atoms with E-state index < -0.39 is 11.9 Å². The van der Waals surface area contributed by atoms with Gasteiger partial charge in [0.15, 0.2) is 16.5 Å². The standard InChI is InChI=1S/C29H21N7O2S/c1-18(33-28(37)25-26(30)34-35-15-6-13-32-27(25)35)22-17-20-8-5-7-19(11-12-23-31-14-16-39-23)24(20)29(38)36(22)21-9-3-2-4-10-21/h2-10,13-18H,1H3,(H2,30,34)(H,33,37)/t18-/m1/s1. The lowest BCUT2D eigenvalue weighted by Crippen LogP contribution is -2.32. The topological polar surface area (TPSA) is 120 Å². The second-order valence-electron chi connectivity index (χ2n) is 8.75. The van der Waals surface area contributed by atoms with Gasteiger partial charge in [0.05, 0.1) is 11.4 Å². The molecular weight excluding hydrogens is 510 g/mol. The van der Waals surface area contributed by atoms with Gasteiger partial charge in [-0.3, -0.25) is 14.2 Å². The number of nitrogens with two attached hydrogens (primary N) is 1. The van der Waals surface area contributed by atoms with E-state index in [1.54, 1.807) is 29.2 Å². The summed E-state index contributed by atoms with van der Waals surface area (Å²) in [4.78, 5) is 36.0. The number of benzene rings is 2. The minimum Gasteiger partial charge on any atom is -0.381 e. The summed E-state index contributed by atoms with van der Waals surface area (Å²) in [6.45, 7) is 1.82. The minimum atomic E-state index is -0.571. The summed E-state index contributed by atoms with van der Waals surface area (Å²) in [6.07, 6.45) is 4.94. The summed E-state index contributed by atoms with van der Waals surface area (Å²) >= 11 is 1.44. The molecule has 6 aromatic rings. The molecule has 3 N–H and O–H groups in total. The molecule has 4 heterocycles. The maximum absolute atomic E-state index is 14.1. The van der Waals surface area contributed by atoms with Crippen molar-refractivity contribution in [3.63, 3.8) is 0 Å². The van der Waals surface area contributed by atoms with Gasteiger partial charge >= 0.3 is 0 Å². The van der Waals surface area contributed by atoms with Crippen LogP contribution in [0.5, 0.6) is 0 Å². The molecule has 39 heavy (non-hydrogen) atoms. The number of fused-ring (bicyclic) bond motifs is 2. The summed E-state index contributed by atoms with van der Waals surface area (Å²) in [5, 5.41) is 10.9. The SMILES string of the molecule is C[C@@H](NC(=O)c1c(N)nn2cccnc12)c1cc2cccc(C#Cc3nccs3)c2c(=O)n1-c1ccccc1. The van der Waals surface area contributed by atoms with Crippen LogP contribution in [-0.2, 0) is 0 Å². The molecule has 9 nitrogen and oxygen atoms in total. The molecule has 0 bridgehead atoms. The van der Waals surface area contributed by atoms with Crippen LogP contribution in [0.2, 0.25) is 0 Å². The fraction of sp³-hybridized carbons (Fsp3) is 0.0690. The third-order valence-electron chi connectivity index (χ3n) is 6.27. The number of nitrogen functional groups attached to an aromatic ring is 1. The predicted octanol–water partition coefficient (Wildman–Crippen LogP) is 3.96. The number of carbonyl (C=O) groups is 1. The van der Waals surface area contributed by atoms with E-state index >= 15 is 0 Å². The molecular formula is C29H21N7O2S. The van der Waals surface area contributed by atoms with Gasteiger partial charge in [0.1, 0.15) is 5.56 Å². The highest BCUT2D eigenvalue weighted by atomic mass is 32.1. The molecule has 0 aliphatic rings. The van der Waals surface area contributed by atoms with Gasteiger partial charge in [-0.05, 0) is 48.6 Å². The van der Waals surface area contributed by atoms with Crippen molar-refractivity contribution in [2.24, 2.45) is 0 Å². The van der Waals surface area contributed by atoms with Crippen molar-refractivity contribution in [1.29, 1.82) is 0 Å². The van der Waals surface area contributed by atoms with Gasteiger partial charge in [0, 0.05) is 40.9 Å². The van der Waals surface area contributed by atoms with Gasteiger partial charge in [-0.1, -0.05) is 36.3 Å². The molecule has 190 valence electrons. The Morgan fingerprint density at radius 2 is 1.90 bits per heavy atom. The van der Waals surface area contributed by atoms with Crippen LogP contribution in [0.25, 0.3) is 22.1 Å². The molecule has 1 atom stereocenters. The van der Waals surface area contributed by atoms with Crippen molar-refractivity contribution in [3.05, 3.63) is 117 Å². The van der Waals surface area contributed by atoms with Crippen molar-refractivity contribution in [1.82, 2.24) is 29.5 Å². The second-order valence-corrected chi connectivity index (χ2v) is 9.64. The highest BCUT2D eigenvalue weighted by molar-refractivity contribution is 7.10. The molecule has 0 saturated carbocycles. The molecule has 0 radical (unpaired) electrons. The number of carbonyl (C=O) groups excluding carboxylic acids is 1. The molecule has 10 heteroatoms. The molecule has 2 aromatic carbocycles. The predicted molar refractivity (Wildman–Crippen MR) is 151 cm³/mol. The molecule has 0 aliphatic carbocycles. The highest BCUT2D eigenvalue weighted by Gasteiger charge is 2.23. The van der Waals surface area contributed by atoms with Crippen molar-refractivity contribution >= 4 is 39.5 Å². The average molecular weight is 532 g/mol. The molecule has 0 spiro atoms. The van der Waals surface area contributed by atoms with E-state index in [0.29, 0.717) is 38.4 Å².